The van der Waals surface area contributed by atoms with Crippen molar-refractivity contribution >= 4 is 46.6 Å². The molecule has 0 radical (unpaired) electrons. The van der Waals surface area contributed by atoms with E-state index in [2.05, 4.69) is 50.0 Å². The Morgan fingerprint density at radius 1 is 1.17 bits per heavy atom. The van der Waals surface area contributed by atoms with Gasteiger partial charge in [-0.3, -0.25) is 19.8 Å². The number of rotatable bonds is 6. The molecule has 6 nitrogen and oxygen atoms in total. The van der Waals surface area contributed by atoms with Crippen molar-refractivity contribution in [3.63, 3.8) is 0 Å². The van der Waals surface area contributed by atoms with Gasteiger partial charge in [-0.25, -0.2) is 0 Å². The van der Waals surface area contributed by atoms with Crippen molar-refractivity contribution in [2.45, 2.75) is 58.9 Å². The summed E-state index contributed by atoms with van der Waals surface area (Å²) >= 11 is 5.34. The molecule has 7 heteroatoms. The molecule has 0 saturated carbocycles. The highest BCUT2D eigenvalue weighted by Gasteiger charge is 2.37. The summed E-state index contributed by atoms with van der Waals surface area (Å²) in [5.41, 5.74) is 3.97. The number of hydrogen-bond donors (Lipinski definition) is 1. The highest BCUT2D eigenvalue weighted by Crippen LogP contribution is 2.44. The Bertz CT molecular complexity index is 1200. The lowest BCUT2D eigenvalue weighted by Gasteiger charge is -2.47. The van der Waals surface area contributed by atoms with Crippen LogP contribution in [0.25, 0.3) is 6.08 Å². The average Bonchev–Trinajstić information content (AvgIpc) is 2.79. The Hall–Kier alpha value is -3.19. The van der Waals surface area contributed by atoms with Crippen LogP contribution < -0.4 is 19.9 Å². The number of carbonyl (C=O) groups is 2. The van der Waals surface area contributed by atoms with Crippen LogP contribution in [0, 0.1) is 0 Å². The Kier molecular flexibility index (Phi) is 6.99. The van der Waals surface area contributed by atoms with Gasteiger partial charge in [-0.15, -0.1) is 0 Å². The molecule has 2 aliphatic heterocycles. The van der Waals surface area contributed by atoms with E-state index in [1.165, 1.54) is 16.2 Å². The van der Waals surface area contributed by atoms with Crippen molar-refractivity contribution in [1.29, 1.82) is 0 Å². The fourth-order valence-corrected chi connectivity index (χ4v) is 5.46. The number of thiocarbonyl (C=S) groups is 1. The molecule has 1 saturated heterocycles. The van der Waals surface area contributed by atoms with Gasteiger partial charge in [0.2, 0.25) is 0 Å². The number of benzene rings is 2. The second-order valence-corrected chi connectivity index (χ2v) is 10.2. The summed E-state index contributed by atoms with van der Waals surface area (Å²) in [4.78, 5) is 30.1. The third-order valence-electron chi connectivity index (χ3n) is 6.66. The maximum absolute atomic E-state index is 13.5. The van der Waals surface area contributed by atoms with E-state index in [4.69, 9.17) is 17.0 Å². The first-order valence-corrected chi connectivity index (χ1v) is 12.6. The van der Waals surface area contributed by atoms with Gasteiger partial charge in [0, 0.05) is 23.8 Å². The molecule has 184 valence electrons. The summed E-state index contributed by atoms with van der Waals surface area (Å²) in [6.45, 7) is 12.4. The van der Waals surface area contributed by atoms with Crippen LogP contribution in [0.3, 0.4) is 0 Å². The van der Waals surface area contributed by atoms with Crippen LogP contribution in [0.1, 0.15) is 64.5 Å². The van der Waals surface area contributed by atoms with Gasteiger partial charge in [0.1, 0.15) is 11.3 Å². The summed E-state index contributed by atoms with van der Waals surface area (Å²) in [5.74, 6) is 0.0580. The minimum Gasteiger partial charge on any atom is -0.494 e. The molecule has 1 N–H and O–H groups in total. The largest absolute Gasteiger partial charge is 0.494 e. The van der Waals surface area contributed by atoms with E-state index in [1.54, 1.807) is 24.3 Å². The van der Waals surface area contributed by atoms with Crippen molar-refractivity contribution < 1.29 is 14.3 Å². The molecule has 1 fully saturated rings. The van der Waals surface area contributed by atoms with E-state index in [0.717, 1.165) is 24.9 Å². The fraction of sp³-hybridized carbons (Fsp3) is 0.393. The molecule has 1 unspecified atom stereocenters. The number of nitrogens with zero attached hydrogens (tertiary/aromatic N) is 2. The van der Waals surface area contributed by atoms with Crippen LogP contribution in [0.15, 0.2) is 48.0 Å². The second kappa shape index (κ2) is 9.82. The highest BCUT2D eigenvalue weighted by atomic mass is 32.1. The van der Waals surface area contributed by atoms with Gasteiger partial charge < -0.3 is 9.64 Å². The first kappa shape index (κ1) is 24.9. The van der Waals surface area contributed by atoms with E-state index >= 15 is 0 Å². The number of nitrogens with one attached hydrogen (secondary N) is 1. The van der Waals surface area contributed by atoms with Gasteiger partial charge in [-0.05, 0) is 93.2 Å². The Morgan fingerprint density at radius 2 is 1.94 bits per heavy atom. The van der Waals surface area contributed by atoms with Gasteiger partial charge in [-0.1, -0.05) is 26.0 Å². The number of amides is 2. The van der Waals surface area contributed by atoms with Crippen molar-refractivity contribution in [2.24, 2.45) is 0 Å². The molecule has 0 bridgehead atoms. The van der Waals surface area contributed by atoms with Crippen LogP contribution in [-0.4, -0.2) is 35.6 Å². The zero-order valence-corrected chi connectivity index (χ0v) is 21.9. The number of hydrogen-bond acceptors (Lipinski definition) is 5. The predicted octanol–water partition coefficient (Wildman–Crippen LogP) is 5.42. The van der Waals surface area contributed by atoms with Crippen LogP contribution >= 0.6 is 12.2 Å². The van der Waals surface area contributed by atoms with Gasteiger partial charge in [0.25, 0.3) is 11.8 Å². The van der Waals surface area contributed by atoms with Crippen molar-refractivity contribution in [3.8, 4) is 5.75 Å². The molecule has 2 amide bonds. The van der Waals surface area contributed by atoms with Crippen molar-refractivity contribution in [3.05, 3.63) is 59.2 Å². The van der Waals surface area contributed by atoms with Crippen LogP contribution in [0.4, 0.5) is 11.4 Å². The first-order valence-electron chi connectivity index (χ1n) is 12.2. The van der Waals surface area contributed by atoms with Crippen LogP contribution in [0.2, 0.25) is 0 Å². The number of carbonyl (C=O) groups excluding carboxylic acids is 2. The number of ether oxygens (including phenoxy) is 1. The second-order valence-electron chi connectivity index (χ2n) is 9.78. The Balaban J connectivity index is 1.70. The normalized spacial score (nSPS) is 20.7. The predicted molar refractivity (Wildman–Crippen MR) is 145 cm³/mol. The minimum absolute atomic E-state index is 0.0505. The van der Waals surface area contributed by atoms with E-state index in [0.29, 0.717) is 24.0 Å². The lowest BCUT2D eigenvalue weighted by atomic mass is 9.79. The van der Waals surface area contributed by atoms with Gasteiger partial charge >= 0.3 is 0 Å². The quantitative estimate of drug-likeness (QED) is 0.332. The minimum atomic E-state index is -0.489. The number of fused-ring (bicyclic) bond motifs is 1. The fourth-order valence-electron chi connectivity index (χ4n) is 5.18. The zero-order chi connectivity index (χ0) is 25.3. The standard InChI is InChI=1S/C28H33N3O3S/c1-6-13-30-24-12-11-19(14-22(24)18(3)17-28(30,4)5)15-23-25(32)29-27(35)31(26(23)33)20-9-8-10-21(16-20)34-7-2/h8-12,14-16,18H,6-7,13,17H2,1-5H3,(H,29,32,35)/b23-15-. The summed E-state index contributed by atoms with van der Waals surface area (Å²) in [6.07, 6.45) is 3.77. The van der Waals surface area contributed by atoms with E-state index < -0.39 is 11.8 Å². The lowest BCUT2D eigenvalue weighted by molar-refractivity contribution is -0.122. The summed E-state index contributed by atoms with van der Waals surface area (Å²) in [6, 6.07) is 13.3. The average molecular weight is 492 g/mol. The molecule has 2 aromatic rings. The van der Waals surface area contributed by atoms with Crippen LogP contribution in [-0.2, 0) is 9.59 Å². The summed E-state index contributed by atoms with van der Waals surface area (Å²) < 4.78 is 5.57. The topological polar surface area (TPSA) is 61.9 Å². The third-order valence-corrected chi connectivity index (χ3v) is 6.94. The highest BCUT2D eigenvalue weighted by molar-refractivity contribution is 7.80. The molecule has 1 atom stereocenters. The zero-order valence-electron chi connectivity index (χ0n) is 21.1. The lowest BCUT2D eigenvalue weighted by Crippen LogP contribution is -2.54. The Labute approximate surface area is 212 Å². The monoisotopic (exact) mass is 491 g/mol. The van der Waals surface area contributed by atoms with E-state index in [-0.39, 0.29) is 16.2 Å². The third kappa shape index (κ3) is 4.82. The van der Waals surface area contributed by atoms with Crippen LogP contribution in [0.5, 0.6) is 5.75 Å². The van der Waals surface area contributed by atoms with Gasteiger partial charge in [0.05, 0.1) is 12.3 Å². The molecule has 0 spiro atoms. The first-order chi connectivity index (χ1) is 16.7. The molecular formula is C28H33N3O3S. The molecule has 2 aromatic carbocycles. The molecule has 0 aromatic heterocycles. The molecule has 0 aliphatic carbocycles. The summed E-state index contributed by atoms with van der Waals surface area (Å²) in [5, 5.41) is 2.72. The smallest absolute Gasteiger partial charge is 0.270 e. The maximum atomic E-state index is 13.5. The maximum Gasteiger partial charge on any atom is 0.270 e. The summed E-state index contributed by atoms with van der Waals surface area (Å²) in [7, 11) is 0. The molecular weight excluding hydrogens is 458 g/mol. The van der Waals surface area contributed by atoms with E-state index in [9.17, 15) is 9.59 Å². The van der Waals surface area contributed by atoms with Crippen molar-refractivity contribution in [2.75, 3.05) is 23.0 Å². The molecule has 2 heterocycles. The molecule has 35 heavy (non-hydrogen) atoms. The van der Waals surface area contributed by atoms with Gasteiger partial charge in [0.15, 0.2) is 5.11 Å². The molecule has 4 rings (SSSR count). The Morgan fingerprint density at radius 3 is 2.66 bits per heavy atom. The van der Waals surface area contributed by atoms with E-state index in [1.807, 2.05) is 19.1 Å². The molecule has 2 aliphatic rings. The number of anilines is 2. The van der Waals surface area contributed by atoms with Crippen molar-refractivity contribution in [1.82, 2.24) is 5.32 Å². The SMILES string of the molecule is CCCN1c2ccc(/C=C3/C(=O)NC(=S)N(c4cccc(OCC)c4)C3=O)cc2C(C)CC1(C)C. The van der Waals surface area contributed by atoms with Gasteiger partial charge in [-0.2, -0.15) is 0 Å².